The van der Waals surface area contributed by atoms with E-state index in [1.807, 2.05) is 6.07 Å². The Kier molecular flexibility index (Phi) is 4.08. The molecule has 2 aromatic rings. The maximum Gasteiger partial charge on any atom is 0.229 e. The molecule has 1 fully saturated rings. The summed E-state index contributed by atoms with van der Waals surface area (Å²) in [6, 6.07) is 8.56. The molecule has 7 nitrogen and oxygen atoms in total. The highest BCUT2D eigenvalue weighted by Crippen LogP contribution is 2.39. The van der Waals surface area contributed by atoms with Gasteiger partial charge in [-0.3, -0.25) is 14.6 Å². The molecule has 0 saturated heterocycles. The van der Waals surface area contributed by atoms with Crippen LogP contribution in [0.3, 0.4) is 0 Å². The number of H-pyrrole nitrogens is 1. The molecular formula is C15H18N4O3S. The van der Waals surface area contributed by atoms with Crippen LogP contribution in [0.1, 0.15) is 30.0 Å². The van der Waals surface area contributed by atoms with E-state index in [-0.39, 0.29) is 12.3 Å². The lowest BCUT2D eigenvalue weighted by Gasteiger charge is -2.05. The van der Waals surface area contributed by atoms with Crippen molar-refractivity contribution in [1.29, 1.82) is 0 Å². The van der Waals surface area contributed by atoms with Gasteiger partial charge in [0.1, 0.15) is 0 Å². The van der Waals surface area contributed by atoms with Crippen molar-refractivity contribution in [2.24, 2.45) is 0 Å². The minimum Gasteiger partial charge on any atom is -0.309 e. The minimum atomic E-state index is -3.29. The molecule has 23 heavy (non-hydrogen) atoms. The summed E-state index contributed by atoms with van der Waals surface area (Å²) >= 11 is 0. The summed E-state index contributed by atoms with van der Waals surface area (Å²) in [7, 11) is -3.29. The third kappa shape index (κ3) is 4.56. The molecule has 0 bridgehead atoms. The third-order valence-corrected chi connectivity index (χ3v) is 4.11. The maximum absolute atomic E-state index is 12.0. The lowest BCUT2D eigenvalue weighted by Crippen LogP contribution is -2.14. The second kappa shape index (κ2) is 6.04. The molecule has 0 atom stereocenters. The monoisotopic (exact) mass is 334 g/mol. The van der Waals surface area contributed by atoms with Gasteiger partial charge in [-0.05, 0) is 30.5 Å². The van der Waals surface area contributed by atoms with E-state index in [1.165, 1.54) is 12.8 Å². The van der Waals surface area contributed by atoms with Gasteiger partial charge in [0.15, 0.2) is 5.82 Å². The van der Waals surface area contributed by atoms with Gasteiger partial charge in [-0.15, -0.1) is 0 Å². The van der Waals surface area contributed by atoms with Crippen molar-refractivity contribution in [3.05, 3.63) is 41.6 Å². The zero-order chi connectivity index (χ0) is 16.4. The molecule has 1 aliphatic carbocycles. The number of benzene rings is 1. The second-order valence-electron chi connectivity index (χ2n) is 5.78. The number of aromatic nitrogens is 2. The van der Waals surface area contributed by atoms with Crippen molar-refractivity contribution < 1.29 is 13.2 Å². The molecule has 1 aromatic carbocycles. The molecule has 0 aliphatic heterocycles. The first kappa shape index (κ1) is 15.5. The van der Waals surface area contributed by atoms with Gasteiger partial charge in [0.05, 0.1) is 12.7 Å². The number of anilines is 2. The summed E-state index contributed by atoms with van der Waals surface area (Å²) in [6.07, 6.45) is 3.63. The summed E-state index contributed by atoms with van der Waals surface area (Å²) in [5.74, 6) is 0.929. The van der Waals surface area contributed by atoms with E-state index in [0.29, 0.717) is 17.4 Å². The van der Waals surface area contributed by atoms with Crippen molar-refractivity contribution >= 4 is 27.4 Å². The van der Waals surface area contributed by atoms with Crippen LogP contribution in [0.15, 0.2) is 30.3 Å². The average Bonchev–Trinajstić information content (AvgIpc) is 3.20. The number of nitrogens with one attached hydrogen (secondary N) is 3. The number of hydrogen-bond acceptors (Lipinski definition) is 4. The van der Waals surface area contributed by atoms with E-state index in [2.05, 4.69) is 20.2 Å². The Labute approximate surface area is 134 Å². The Balaban J connectivity index is 1.56. The van der Waals surface area contributed by atoms with Gasteiger partial charge in [0.25, 0.3) is 0 Å². The Morgan fingerprint density at radius 2 is 2.00 bits per heavy atom. The summed E-state index contributed by atoms with van der Waals surface area (Å²) < 4.78 is 24.6. The summed E-state index contributed by atoms with van der Waals surface area (Å²) in [6.45, 7) is 0. The minimum absolute atomic E-state index is 0.164. The molecule has 8 heteroatoms. The fraction of sp³-hybridized carbons (Fsp3) is 0.333. The van der Waals surface area contributed by atoms with Crippen molar-refractivity contribution in [2.45, 2.75) is 25.2 Å². The number of aromatic amines is 1. The van der Waals surface area contributed by atoms with Crippen molar-refractivity contribution in [3.8, 4) is 0 Å². The predicted octanol–water partition coefficient (Wildman–Crippen LogP) is 1.84. The molecule has 1 amide bonds. The van der Waals surface area contributed by atoms with Crippen LogP contribution in [0.25, 0.3) is 0 Å². The molecule has 3 rings (SSSR count). The molecule has 1 aromatic heterocycles. The lowest BCUT2D eigenvalue weighted by atomic mass is 10.1. The fourth-order valence-electron chi connectivity index (χ4n) is 2.28. The molecule has 3 N–H and O–H groups in total. The number of carbonyl (C=O) groups is 1. The van der Waals surface area contributed by atoms with Crippen molar-refractivity contribution in [1.82, 2.24) is 10.2 Å². The van der Waals surface area contributed by atoms with Crippen LogP contribution < -0.4 is 10.0 Å². The molecule has 122 valence electrons. The van der Waals surface area contributed by atoms with Crippen LogP contribution in [0.4, 0.5) is 11.5 Å². The first-order valence-electron chi connectivity index (χ1n) is 7.31. The third-order valence-electron chi connectivity index (χ3n) is 3.50. The molecule has 1 heterocycles. The van der Waals surface area contributed by atoms with Crippen LogP contribution in [0.5, 0.6) is 0 Å². The van der Waals surface area contributed by atoms with Gasteiger partial charge in [0, 0.05) is 23.4 Å². The number of nitrogens with zero attached hydrogens (tertiary/aromatic N) is 1. The van der Waals surface area contributed by atoms with E-state index in [9.17, 15) is 13.2 Å². The first-order valence-corrected chi connectivity index (χ1v) is 9.20. The van der Waals surface area contributed by atoms with Crippen LogP contribution in [0.2, 0.25) is 0 Å². The maximum atomic E-state index is 12.0. The van der Waals surface area contributed by atoms with E-state index in [0.717, 1.165) is 17.5 Å². The van der Waals surface area contributed by atoms with Gasteiger partial charge in [-0.2, -0.15) is 5.10 Å². The van der Waals surface area contributed by atoms with Crippen LogP contribution in [-0.4, -0.2) is 30.8 Å². The predicted molar refractivity (Wildman–Crippen MR) is 87.8 cm³/mol. The zero-order valence-electron chi connectivity index (χ0n) is 12.7. The van der Waals surface area contributed by atoms with E-state index < -0.39 is 10.0 Å². The molecule has 0 unspecified atom stereocenters. The Morgan fingerprint density at radius 3 is 2.61 bits per heavy atom. The molecule has 1 aliphatic rings. The van der Waals surface area contributed by atoms with E-state index in [1.54, 1.807) is 24.3 Å². The Hall–Kier alpha value is -2.35. The van der Waals surface area contributed by atoms with Gasteiger partial charge in [-0.25, -0.2) is 8.42 Å². The highest BCUT2D eigenvalue weighted by molar-refractivity contribution is 7.92. The number of sulfonamides is 1. The fourth-order valence-corrected chi connectivity index (χ4v) is 2.85. The summed E-state index contributed by atoms with van der Waals surface area (Å²) in [5, 5.41) is 9.77. The van der Waals surface area contributed by atoms with Gasteiger partial charge in [0.2, 0.25) is 15.9 Å². The quantitative estimate of drug-likeness (QED) is 0.750. The standard InChI is InChI=1S/C15H18N4O3S/c1-23(21,22)19-12-6-2-10(3-7-12)8-15(20)16-14-9-13(17-18-14)11-4-5-11/h2-3,6-7,9,11,19H,4-5,8H2,1H3,(H2,16,17,18,20). The summed E-state index contributed by atoms with van der Waals surface area (Å²) in [5.41, 5.74) is 2.33. The number of rotatable bonds is 6. The van der Waals surface area contributed by atoms with Gasteiger partial charge in [-0.1, -0.05) is 12.1 Å². The molecule has 0 radical (unpaired) electrons. The van der Waals surface area contributed by atoms with Crippen LogP contribution >= 0.6 is 0 Å². The van der Waals surface area contributed by atoms with Crippen molar-refractivity contribution in [3.63, 3.8) is 0 Å². The lowest BCUT2D eigenvalue weighted by molar-refractivity contribution is -0.115. The van der Waals surface area contributed by atoms with Crippen LogP contribution in [0, 0.1) is 0 Å². The normalized spacial score (nSPS) is 14.5. The number of amides is 1. The van der Waals surface area contributed by atoms with Crippen LogP contribution in [-0.2, 0) is 21.2 Å². The highest BCUT2D eigenvalue weighted by atomic mass is 32.2. The second-order valence-corrected chi connectivity index (χ2v) is 7.53. The molecule has 0 spiro atoms. The van der Waals surface area contributed by atoms with E-state index >= 15 is 0 Å². The Morgan fingerprint density at radius 1 is 1.30 bits per heavy atom. The summed E-state index contributed by atoms with van der Waals surface area (Å²) in [4.78, 5) is 12.0. The average molecular weight is 334 g/mol. The van der Waals surface area contributed by atoms with E-state index in [4.69, 9.17) is 0 Å². The smallest absolute Gasteiger partial charge is 0.229 e. The van der Waals surface area contributed by atoms with Crippen molar-refractivity contribution in [2.75, 3.05) is 16.3 Å². The van der Waals surface area contributed by atoms with Gasteiger partial charge < -0.3 is 5.32 Å². The molecular weight excluding hydrogens is 316 g/mol. The first-order chi connectivity index (χ1) is 10.9. The zero-order valence-corrected chi connectivity index (χ0v) is 13.5. The topological polar surface area (TPSA) is 104 Å². The largest absolute Gasteiger partial charge is 0.309 e. The Bertz CT molecular complexity index is 808. The number of hydrogen-bond donors (Lipinski definition) is 3. The SMILES string of the molecule is CS(=O)(=O)Nc1ccc(CC(=O)Nc2cc(C3CC3)[nH]n2)cc1. The highest BCUT2D eigenvalue weighted by Gasteiger charge is 2.25. The molecule has 1 saturated carbocycles. The van der Waals surface area contributed by atoms with Gasteiger partial charge >= 0.3 is 0 Å². The number of carbonyl (C=O) groups excluding carboxylic acids is 1.